The lowest BCUT2D eigenvalue weighted by Gasteiger charge is -2.40. The third-order valence-electron chi connectivity index (χ3n) is 5.09. The fourth-order valence-electron chi connectivity index (χ4n) is 3.35. The Balaban J connectivity index is 2.44. The van der Waals surface area contributed by atoms with Gasteiger partial charge in [-0.1, -0.05) is 64.3 Å². The van der Waals surface area contributed by atoms with E-state index >= 15 is 0 Å². The summed E-state index contributed by atoms with van der Waals surface area (Å²) in [6.07, 6.45) is -1.21. The van der Waals surface area contributed by atoms with E-state index in [1.807, 2.05) is 20.8 Å². The Bertz CT molecular complexity index is 894. The fraction of sp³-hybridized carbons (Fsp3) is 0.545. The van der Waals surface area contributed by atoms with Crippen molar-refractivity contribution in [3.63, 3.8) is 0 Å². The number of amides is 1. The van der Waals surface area contributed by atoms with Crippen LogP contribution in [0.25, 0.3) is 0 Å². The summed E-state index contributed by atoms with van der Waals surface area (Å²) in [5, 5.41) is 11.7. The fourth-order valence-corrected chi connectivity index (χ4v) is 5.40. The van der Waals surface area contributed by atoms with Crippen molar-refractivity contribution in [2.75, 3.05) is 13.3 Å². The molecule has 1 atom stereocenters. The number of benzene rings is 1. The number of carbonyl (C=O) groups is 1. The molecule has 1 unspecified atom stereocenters. The van der Waals surface area contributed by atoms with E-state index in [0.29, 0.717) is 6.61 Å². The number of nitrogens with zero attached hydrogens (tertiary/aromatic N) is 2. The van der Waals surface area contributed by atoms with Gasteiger partial charge in [0, 0.05) is 20.2 Å². The predicted molar refractivity (Wildman–Crippen MR) is 125 cm³/mol. The first-order valence-corrected chi connectivity index (χ1v) is 14.8. The van der Waals surface area contributed by atoms with Gasteiger partial charge in [0.2, 0.25) is 0 Å². The zero-order valence-electron chi connectivity index (χ0n) is 19.3. The van der Waals surface area contributed by atoms with Crippen LogP contribution in [0.15, 0.2) is 34.2 Å². The van der Waals surface area contributed by atoms with Gasteiger partial charge in [0.1, 0.15) is 12.3 Å². The Morgan fingerprint density at radius 2 is 1.94 bits per heavy atom. The maximum absolute atomic E-state index is 14.8. The molecule has 0 aromatic heterocycles. The molecule has 0 saturated heterocycles. The highest BCUT2D eigenvalue weighted by Gasteiger charge is 2.43. The van der Waals surface area contributed by atoms with Gasteiger partial charge in [-0.2, -0.15) is 0 Å². The predicted octanol–water partition coefficient (Wildman–Crippen LogP) is 6.51. The summed E-state index contributed by atoms with van der Waals surface area (Å²) in [6.45, 7) is 14.5. The maximum atomic E-state index is 14.8. The molecule has 1 aromatic rings. The lowest BCUT2D eigenvalue weighted by molar-refractivity contribution is 0.0704. The Morgan fingerprint density at radius 3 is 2.48 bits per heavy atom. The lowest BCUT2D eigenvalue weighted by Crippen LogP contribution is -2.41. The molecule has 5 nitrogen and oxygen atoms in total. The Hall–Kier alpha value is -1.71. The third-order valence-corrected chi connectivity index (χ3v) is 7.67. The van der Waals surface area contributed by atoms with Gasteiger partial charge < -0.3 is 9.84 Å². The highest BCUT2D eigenvalue weighted by molar-refractivity contribution is 8.16. The molecule has 2 rings (SSSR count). The number of carboxylic acid groups (broad SMARTS) is 1. The molecule has 0 fully saturated rings. The quantitative estimate of drug-likeness (QED) is 0.293. The first-order chi connectivity index (χ1) is 14.2. The normalized spacial score (nSPS) is 19.6. The molecule has 0 spiro atoms. The highest BCUT2D eigenvalue weighted by atomic mass is 32.2. The van der Waals surface area contributed by atoms with Gasteiger partial charge in [0.05, 0.1) is 0 Å². The second-order valence-electron chi connectivity index (χ2n) is 10.0. The van der Waals surface area contributed by atoms with Crippen molar-refractivity contribution < 1.29 is 23.4 Å². The minimum Gasteiger partial charge on any atom is -0.465 e. The summed E-state index contributed by atoms with van der Waals surface area (Å²) < 4.78 is 34.5. The molecule has 0 bridgehead atoms. The van der Waals surface area contributed by atoms with Crippen LogP contribution in [-0.2, 0) is 10.3 Å². The van der Waals surface area contributed by atoms with Crippen molar-refractivity contribution in [2.24, 2.45) is 10.4 Å². The molecule has 0 aliphatic carbocycles. The maximum Gasteiger partial charge on any atom is 0.415 e. The summed E-state index contributed by atoms with van der Waals surface area (Å²) in [4.78, 5) is 17.6. The highest BCUT2D eigenvalue weighted by Crippen LogP contribution is 2.48. The molecular weight excluding hydrogens is 438 g/mol. The van der Waals surface area contributed by atoms with Crippen LogP contribution >= 0.6 is 11.8 Å². The molecule has 31 heavy (non-hydrogen) atoms. The molecule has 1 amide bonds. The minimum atomic E-state index is -1.32. The standard InChI is InChI=1S/C22H32F2N2O3SSi/c1-21(2,3)17-13-30-19(26(20(27)28)14-29-11-12-31(5,6)7)25-22(17,4)15-9-8-10-16(23)18(15)24/h8-10,13H,11-12,14H2,1-7H3,(H,27,28). The van der Waals surface area contributed by atoms with E-state index in [0.717, 1.165) is 34.3 Å². The van der Waals surface area contributed by atoms with Crippen LogP contribution in [0.3, 0.4) is 0 Å². The number of hydrogen-bond donors (Lipinski definition) is 1. The largest absolute Gasteiger partial charge is 0.465 e. The van der Waals surface area contributed by atoms with Crippen molar-refractivity contribution in [2.45, 2.75) is 58.9 Å². The van der Waals surface area contributed by atoms with Crippen LogP contribution in [0.4, 0.5) is 13.6 Å². The number of hydrogen-bond acceptors (Lipinski definition) is 4. The van der Waals surface area contributed by atoms with Gasteiger partial charge in [0.15, 0.2) is 16.8 Å². The first kappa shape index (κ1) is 25.5. The lowest BCUT2D eigenvalue weighted by atomic mass is 9.72. The molecule has 0 radical (unpaired) electrons. The average Bonchev–Trinajstić information content (AvgIpc) is 2.61. The number of ether oxygens (including phenoxy) is 1. The van der Waals surface area contributed by atoms with Crippen LogP contribution in [0.1, 0.15) is 33.3 Å². The summed E-state index contributed by atoms with van der Waals surface area (Å²) in [6, 6.07) is 4.89. The van der Waals surface area contributed by atoms with Crippen molar-refractivity contribution in [1.29, 1.82) is 0 Å². The van der Waals surface area contributed by atoms with Gasteiger partial charge >= 0.3 is 6.09 Å². The molecule has 9 heteroatoms. The van der Waals surface area contributed by atoms with E-state index in [9.17, 15) is 18.7 Å². The van der Waals surface area contributed by atoms with E-state index in [2.05, 4.69) is 24.6 Å². The number of aliphatic imine (C=N–C) groups is 1. The number of amidine groups is 1. The van der Waals surface area contributed by atoms with Gasteiger partial charge in [-0.25, -0.2) is 23.5 Å². The van der Waals surface area contributed by atoms with E-state index in [1.165, 1.54) is 12.1 Å². The Kier molecular flexibility index (Phi) is 7.76. The van der Waals surface area contributed by atoms with E-state index < -0.39 is 36.8 Å². The summed E-state index contributed by atoms with van der Waals surface area (Å²) in [7, 11) is -1.32. The topological polar surface area (TPSA) is 62.1 Å². The van der Waals surface area contributed by atoms with Crippen LogP contribution in [0, 0.1) is 17.0 Å². The Labute approximate surface area is 188 Å². The molecule has 1 aromatic carbocycles. The SMILES string of the molecule is CC(C)(C)C1=CSC(N(COCC[Si](C)(C)C)C(=O)O)=NC1(C)c1cccc(F)c1F. The van der Waals surface area contributed by atoms with Crippen molar-refractivity contribution in [1.82, 2.24) is 4.90 Å². The number of halogens is 2. The van der Waals surface area contributed by atoms with Gasteiger partial charge in [-0.3, -0.25) is 0 Å². The van der Waals surface area contributed by atoms with Crippen molar-refractivity contribution in [3.05, 3.63) is 46.4 Å². The average molecular weight is 471 g/mol. The van der Waals surface area contributed by atoms with Crippen molar-refractivity contribution >= 4 is 31.1 Å². The van der Waals surface area contributed by atoms with Crippen LogP contribution in [0.2, 0.25) is 25.7 Å². The minimum absolute atomic E-state index is 0.0662. The molecule has 1 N–H and O–H groups in total. The third kappa shape index (κ3) is 6.17. The van der Waals surface area contributed by atoms with Crippen LogP contribution in [0.5, 0.6) is 0 Å². The monoisotopic (exact) mass is 470 g/mol. The summed E-state index contributed by atoms with van der Waals surface area (Å²) in [5.41, 5.74) is -0.839. The number of rotatable bonds is 6. The molecule has 1 aliphatic heterocycles. The summed E-state index contributed by atoms with van der Waals surface area (Å²) >= 11 is 1.15. The molecule has 1 aliphatic rings. The molecule has 172 valence electrons. The smallest absolute Gasteiger partial charge is 0.415 e. The molecule has 0 saturated carbocycles. The second kappa shape index (κ2) is 9.42. The summed E-state index contributed by atoms with van der Waals surface area (Å²) in [5.74, 6) is -1.95. The van der Waals surface area contributed by atoms with Crippen LogP contribution < -0.4 is 0 Å². The van der Waals surface area contributed by atoms with Crippen LogP contribution in [-0.4, -0.2) is 42.7 Å². The van der Waals surface area contributed by atoms with Gasteiger partial charge in [-0.05, 0) is 35.4 Å². The first-order valence-electron chi connectivity index (χ1n) is 10.2. The zero-order valence-corrected chi connectivity index (χ0v) is 21.1. The second-order valence-corrected chi connectivity index (χ2v) is 16.5. The number of thioether (sulfide) groups is 1. The Morgan fingerprint density at radius 1 is 1.29 bits per heavy atom. The zero-order chi connectivity index (χ0) is 23.6. The van der Waals surface area contributed by atoms with Gasteiger partial charge in [0.25, 0.3) is 0 Å². The van der Waals surface area contributed by atoms with E-state index in [4.69, 9.17) is 4.74 Å². The molecular formula is C22H32F2N2O3SSi. The van der Waals surface area contributed by atoms with Crippen molar-refractivity contribution in [3.8, 4) is 0 Å². The van der Waals surface area contributed by atoms with E-state index in [-0.39, 0.29) is 17.5 Å². The molecule has 1 heterocycles. The van der Waals surface area contributed by atoms with Gasteiger partial charge in [-0.15, -0.1) is 0 Å². The van der Waals surface area contributed by atoms with E-state index in [1.54, 1.807) is 12.3 Å².